The zero-order valence-electron chi connectivity index (χ0n) is 11.5. The second kappa shape index (κ2) is 5.83. The summed E-state index contributed by atoms with van der Waals surface area (Å²) in [6.45, 7) is 2.49. The number of ether oxygens (including phenoxy) is 1. The lowest BCUT2D eigenvalue weighted by Crippen LogP contribution is -2.11. The average molecular weight is 298 g/mol. The number of sulfone groups is 1. The molecule has 0 radical (unpaired) electrons. The Kier molecular flexibility index (Phi) is 4.32. The fraction of sp³-hybridized carbons (Fsp3) is 0.500. The van der Waals surface area contributed by atoms with Crippen LogP contribution in [-0.2, 0) is 19.4 Å². The van der Waals surface area contributed by atoms with Crippen LogP contribution >= 0.6 is 0 Å². The number of furan rings is 1. The summed E-state index contributed by atoms with van der Waals surface area (Å²) in [4.78, 5) is 11.5. The summed E-state index contributed by atoms with van der Waals surface area (Å²) in [6.07, 6.45) is 6.14. The van der Waals surface area contributed by atoms with Crippen LogP contribution in [0.5, 0.6) is 0 Å². The molecule has 5 nitrogen and oxygen atoms in total. The van der Waals surface area contributed by atoms with E-state index in [0.29, 0.717) is 24.2 Å². The SMILES string of the molecule is CC(COC(=O)/C=C/c1ccc(S(C)(=O)=O)o1)C1CC1. The minimum atomic E-state index is -3.36. The molecule has 6 heteroatoms. The van der Waals surface area contributed by atoms with Gasteiger partial charge < -0.3 is 9.15 Å². The minimum absolute atomic E-state index is 0.118. The van der Waals surface area contributed by atoms with Crippen molar-refractivity contribution in [3.63, 3.8) is 0 Å². The summed E-state index contributed by atoms with van der Waals surface area (Å²) in [7, 11) is -3.36. The van der Waals surface area contributed by atoms with Gasteiger partial charge in [-0.2, -0.15) is 0 Å². The van der Waals surface area contributed by atoms with Crippen molar-refractivity contribution >= 4 is 21.9 Å². The molecule has 0 N–H and O–H groups in total. The molecule has 1 aromatic rings. The van der Waals surface area contributed by atoms with Crippen molar-refractivity contribution in [2.75, 3.05) is 12.9 Å². The molecular formula is C14H18O5S. The summed E-state index contributed by atoms with van der Waals surface area (Å²) in [6, 6.07) is 2.85. The largest absolute Gasteiger partial charge is 0.462 e. The van der Waals surface area contributed by atoms with Crippen LogP contribution in [0.2, 0.25) is 0 Å². The molecule has 1 unspecified atom stereocenters. The first kappa shape index (κ1) is 14.8. The topological polar surface area (TPSA) is 73.6 Å². The van der Waals surface area contributed by atoms with Gasteiger partial charge in [0.15, 0.2) is 0 Å². The second-order valence-electron chi connectivity index (χ2n) is 5.21. The van der Waals surface area contributed by atoms with E-state index in [9.17, 15) is 13.2 Å². The number of esters is 1. The first-order chi connectivity index (χ1) is 9.36. The van der Waals surface area contributed by atoms with Crippen LogP contribution in [0.3, 0.4) is 0 Å². The van der Waals surface area contributed by atoms with Gasteiger partial charge in [-0.25, -0.2) is 13.2 Å². The lowest BCUT2D eigenvalue weighted by Gasteiger charge is -2.08. The third kappa shape index (κ3) is 4.23. The smallest absolute Gasteiger partial charge is 0.330 e. The molecule has 0 aromatic carbocycles. The van der Waals surface area contributed by atoms with E-state index >= 15 is 0 Å². The number of carbonyl (C=O) groups excluding carboxylic acids is 1. The lowest BCUT2D eigenvalue weighted by molar-refractivity contribution is -0.139. The highest BCUT2D eigenvalue weighted by molar-refractivity contribution is 7.90. The fourth-order valence-electron chi connectivity index (χ4n) is 1.84. The molecule has 110 valence electrons. The second-order valence-corrected chi connectivity index (χ2v) is 7.15. The van der Waals surface area contributed by atoms with E-state index in [-0.39, 0.29) is 5.09 Å². The molecule has 1 aliphatic carbocycles. The van der Waals surface area contributed by atoms with E-state index in [2.05, 4.69) is 6.92 Å². The quantitative estimate of drug-likeness (QED) is 0.595. The highest BCUT2D eigenvalue weighted by Gasteiger charge is 2.28. The Morgan fingerprint density at radius 3 is 2.75 bits per heavy atom. The summed E-state index contributed by atoms with van der Waals surface area (Å²) < 4.78 is 32.6. The van der Waals surface area contributed by atoms with Crippen LogP contribution in [0.25, 0.3) is 6.08 Å². The van der Waals surface area contributed by atoms with Crippen molar-refractivity contribution < 1.29 is 22.4 Å². The maximum Gasteiger partial charge on any atom is 0.330 e. The summed E-state index contributed by atoms with van der Waals surface area (Å²) >= 11 is 0. The fourth-order valence-corrected chi connectivity index (χ4v) is 2.40. The lowest BCUT2D eigenvalue weighted by atomic mass is 10.1. The Bertz CT molecular complexity index is 607. The van der Waals surface area contributed by atoms with E-state index in [1.807, 2.05) is 0 Å². The molecule has 1 aliphatic rings. The first-order valence-electron chi connectivity index (χ1n) is 6.51. The highest BCUT2D eigenvalue weighted by Crippen LogP contribution is 2.36. The third-order valence-electron chi connectivity index (χ3n) is 3.27. The normalized spacial score (nSPS) is 17.3. The summed E-state index contributed by atoms with van der Waals surface area (Å²) in [5, 5.41) is -0.118. The van der Waals surface area contributed by atoms with E-state index in [0.717, 1.165) is 6.26 Å². The highest BCUT2D eigenvalue weighted by atomic mass is 32.2. The van der Waals surface area contributed by atoms with E-state index in [1.54, 1.807) is 0 Å². The van der Waals surface area contributed by atoms with E-state index in [1.165, 1.54) is 37.1 Å². The van der Waals surface area contributed by atoms with Crippen molar-refractivity contribution in [2.24, 2.45) is 11.8 Å². The van der Waals surface area contributed by atoms with Gasteiger partial charge in [0.2, 0.25) is 14.9 Å². The Morgan fingerprint density at radius 2 is 2.20 bits per heavy atom. The molecule has 2 rings (SSSR count). The molecule has 0 bridgehead atoms. The van der Waals surface area contributed by atoms with Gasteiger partial charge in [-0.05, 0) is 42.9 Å². The predicted molar refractivity (Wildman–Crippen MR) is 73.7 cm³/mol. The molecular weight excluding hydrogens is 280 g/mol. The number of hydrogen-bond acceptors (Lipinski definition) is 5. The van der Waals surface area contributed by atoms with E-state index in [4.69, 9.17) is 9.15 Å². The predicted octanol–water partition coefficient (Wildman–Crippen LogP) is 2.29. The maximum atomic E-state index is 11.5. The standard InChI is InChI=1S/C14H18O5S/c1-10(11-3-4-11)9-18-13(15)7-5-12-6-8-14(19-12)20(2,16)17/h5-8,10-11H,3-4,9H2,1-2H3/b7-5+. The zero-order chi connectivity index (χ0) is 14.8. The van der Waals surface area contributed by atoms with Gasteiger partial charge >= 0.3 is 5.97 Å². The van der Waals surface area contributed by atoms with Crippen molar-refractivity contribution in [2.45, 2.75) is 24.9 Å². The van der Waals surface area contributed by atoms with Gasteiger partial charge in [0.25, 0.3) is 0 Å². The number of hydrogen-bond donors (Lipinski definition) is 0. The molecule has 0 aliphatic heterocycles. The minimum Gasteiger partial charge on any atom is -0.462 e. The molecule has 1 fully saturated rings. The zero-order valence-corrected chi connectivity index (χ0v) is 12.4. The number of carbonyl (C=O) groups is 1. The van der Waals surface area contributed by atoms with Crippen LogP contribution in [0.1, 0.15) is 25.5 Å². The molecule has 1 atom stereocenters. The summed E-state index contributed by atoms with van der Waals surface area (Å²) in [5.41, 5.74) is 0. The number of rotatable bonds is 6. The third-order valence-corrected chi connectivity index (χ3v) is 4.22. The average Bonchev–Trinajstić information content (AvgIpc) is 3.10. The van der Waals surface area contributed by atoms with Gasteiger partial charge in [-0.15, -0.1) is 0 Å². The molecule has 1 saturated carbocycles. The van der Waals surface area contributed by atoms with Crippen LogP contribution in [0.4, 0.5) is 0 Å². The Balaban J connectivity index is 1.85. The van der Waals surface area contributed by atoms with E-state index < -0.39 is 15.8 Å². The molecule has 0 spiro atoms. The molecule has 0 saturated heterocycles. The van der Waals surface area contributed by atoms with Crippen molar-refractivity contribution in [1.29, 1.82) is 0 Å². The van der Waals surface area contributed by atoms with Gasteiger partial charge in [0.05, 0.1) is 6.61 Å². The van der Waals surface area contributed by atoms with Gasteiger partial charge in [0, 0.05) is 12.3 Å². The van der Waals surface area contributed by atoms with Crippen LogP contribution in [-0.4, -0.2) is 27.2 Å². The molecule has 1 aromatic heterocycles. The van der Waals surface area contributed by atoms with Crippen molar-refractivity contribution in [3.05, 3.63) is 24.0 Å². The van der Waals surface area contributed by atoms with Crippen molar-refractivity contribution in [3.8, 4) is 0 Å². The van der Waals surface area contributed by atoms with Crippen LogP contribution in [0.15, 0.2) is 27.7 Å². The first-order valence-corrected chi connectivity index (χ1v) is 8.40. The molecule has 1 heterocycles. The Labute approximate surface area is 118 Å². The monoisotopic (exact) mass is 298 g/mol. The van der Waals surface area contributed by atoms with Gasteiger partial charge in [0.1, 0.15) is 5.76 Å². The van der Waals surface area contributed by atoms with Crippen LogP contribution in [0, 0.1) is 11.8 Å². The Hall–Kier alpha value is -1.56. The van der Waals surface area contributed by atoms with Gasteiger partial charge in [-0.1, -0.05) is 6.92 Å². The molecule has 0 amide bonds. The summed E-state index contributed by atoms with van der Waals surface area (Å²) in [5.74, 6) is 0.939. The van der Waals surface area contributed by atoms with Crippen molar-refractivity contribution in [1.82, 2.24) is 0 Å². The van der Waals surface area contributed by atoms with Crippen LogP contribution < -0.4 is 0 Å². The Morgan fingerprint density at radius 1 is 1.50 bits per heavy atom. The molecule has 20 heavy (non-hydrogen) atoms. The van der Waals surface area contributed by atoms with Gasteiger partial charge in [-0.3, -0.25) is 0 Å². The maximum absolute atomic E-state index is 11.5.